The molecule has 0 spiro atoms. The summed E-state index contributed by atoms with van der Waals surface area (Å²) in [6.07, 6.45) is 0. The van der Waals surface area contributed by atoms with Crippen LogP contribution in [0.1, 0.15) is 27.8 Å². The molecule has 3 heteroatoms. The summed E-state index contributed by atoms with van der Waals surface area (Å²) in [7, 11) is 1.60. The zero-order chi connectivity index (χ0) is 15.4. The fraction of sp³-hybridized carbons (Fsp3) is 0.333. The molecule has 0 fully saturated rings. The number of ether oxygens (including phenoxy) is 2. The van der Waals surface area contributed by atoms with E-state index in [-0.39, 0.29) is 6.61 Å². The number of aryl methyl sites for hydroxylation is 3. The van der Waals surface area contributed by atoms with Crippen molar-refractivity contribution < 1.29 is 14.6 Å². The highest BCUT2D eigenvalue weighted by atomic mass is 16.5. The maximum atomic E-state index is 9.45. The third-order valence-corrected chi connectivity index (χ3v) is 3.65. The quantitative estimate of drug-likeness (QED) is 0.911. The van der Waals surface area contributed by atoms with Crippen molar-refractivity contribution in [2.75, 3.05) is 7.11 Å². The highest BCUT2D eigenvalue weighted by Gasteiger charge is 2.12. The molecular weight excluding hydrogens is 264 g/mol. The van der Waals surface area contributed by atoms with Crippen LogP contribution >= 0.6 is 0 Å². The first-order valence-electron chi connectivity index (χ1n) is 7.03. The van der Waals surface area contributed by atoms with E-state index >= 15 is 0 Å². The molecule has 0 bridgehead atoms. The minimum absolute atomic E-state index is 0.0710. The zero-order valence-corrected chi connectivity index (χ0v) is 13.1. The van der Waals surface area contributed by atoms with Gasteiger partial charge in [-0.2, -0.15) is 0 Å². The van der Waals surface area contributed by atoms with Crippen LogP contribution in [-0.4, -0.2) is 12.2 Å². The Morgan fingerprint density at radius 3 is 2.29 bits per heavy atom. The molecule has 2 aromatic rings. The average Bonchev–Trinajstić information content (AvgIpc) is 2.45. The molecule has 0 aliphatic carbocycles. The van der Waals surface area contributed by atoms with Crippen molar-refractivity contribution >= 4 is 0 Å². The van der Waals surface area contributed by atoms with E-state index in [1.165, 1.54) is 22.3 Å². The molecule has 2 aromatic carbocycles. The second-order valence-electron chi connectivity index (χ2n) is 5.27. The van der Waals surface area contributed by atoms with Crippen molar-refractivity contribution in [3.63, 3.8) is 0 Å². The molecular formula is C18H22O3. The molecule has 1 N–H and O–H groups in total. The second-order valence-corrected chi connectivity index (χ2v) is 5.27. The fourth-order valence-corrected chi connectivity index (χ4v) is 2.59. The highest BCUT2D eigenvalue weighted by Crippen LogP contribution is 2.32. The summed E-state index contributed by atoms with van der Waals surface area (Å²) < 4.78 is 11.3. The number of hydrogen-bond donors (Lipinski definition) is 1. The van der Waals surface area contributed by atoms with Crippen molar-refractivity contribution in [1.82, 2.24) is 0 Å². The van der Waals surface area contributed by atoms with Crippen LogP contribution < -0.4 is 9.47 Å². The Morgan fingerprint density at radius 2 is 1.71 bits per heavy atom. The lowest BCUT2D eigenvalue weighted by atomic mass is 10.0. The molecule has 0 saturated carbocycles. The van der Waals surface area contributed by atoms with Gasteiger partial charge in [-0.05, 0) is 43.5 Å². The molecule has 0 atom stereocenters. The molecule has 3 nitrogen and oxygen atoms in total. The van der Waals surface area contributed by atoms with Crippen molar-refractivity contribution in [2.24, 2.45) is 0 Å². The predicted molar refractivity (Wildman–Crippen MR) is 83.9 cm³/mol. The lowest BCUT2D eigenvalue weighted by molar-refractivity contribution is 0.249. The molecule has 0 aliphatic rings. The van der Waals surface area contributed by atoms with Crippen LogP contribution in [0.5, 0.6) is 11.5 Å². The SMILES string of the molecule is COc1cccc(CO)c1OCc1c(C)cc(C)cc1C. The molecule has 0 unspecified atom stereocenters. The van der Waals surface area contributed by atoms with Gasteiger partial charge >= 0.3 is 0 Å². The van der Waals surface area contributed by atoms with Crippen LogP contribution in [-0.2, 0) is 13.2 Å². The van der Waals surface area contributed by atoms with E-state index in [2.05, 4.69) is 32.9 Å². The molecule has 112 valence electrons. The monoisotopic (exact) mass is 286 g/mol. The maximum absolute atomic E-state index is 9.45. The largest absolute Gasteiger partial charge is 0.493 e. The molecule has 21 heavy (non-hydrogen) atoms. The average molecular weight is 286 g/mol. The summed E-state index contributed by atoms with van der Waals surface area (Å²) in [5, 5.41) is 9.45. The normalized spacial score (nSPS) is 10.5. The standard InChI is InChI=1S/C18H22O3/c1-12-8-13(2)16(14(3)9-12)11-21-18-15(10-19)6-5-7-17(18)20-4/h5-9,19H,10-11H2,1-4H3. The van der Waals surface area contributed by atoms with E-state index in [1.807, 2.05) is 18.2 Å². The number of methoxy groups -OCH3 is 1. The molecule has 0 saturated heterocycles. The summed E-state index contributed by atoms with van der Waals surface area (Å²) >= 11 is 0. The van der Waals surface area contributed by atoms with Gasteiger partial charge in [-0.3, -0.25) is 0 Å². The Bertz CT molecular complexity index is 587. The first-order valence-corrected chi connectivity index (χ1v) is 7.03. The Morgan fingerprint density at radius 1 is 1.05 bits per heavy atom. The van der Waals surface area contributed by atoms with Crippen molar-refractivity contribution in [1.29, 1.82) is 0 Å². The van der Waals surface area contributed by atoms with Crippen LogP contribution in [0.2, 0.25) is 0 Å². The van der Waals surface area contributed by atoms with Gasteiger partial charge in [-0.25, -0.2) is 0 Å². The minimum atomic E-state index is -0.0710. The van der Waals surface area contributed by atoms with Crippen LogP contribution in [0, 0.1) is 20.8 Å². The van der Waals surface area contributed by atoms with Crippen molar-refractivity contribution in [2.45, 2.75) is 34.0 Å². The number of hydrogen-bond acceptors (Lipinski definition) is 3. The van der Waals surface area contributed by atoms with Crippen molar-refractivity contribution in [3.05, 3.63) is 58.1 Å². The van der Waals surface area contributed by atoms with Gasteiger partial charge < -0.3 is 14.6 Å². The lowest BCUT2D eigenvalue weighted by Gasteiger charge is -2.16. The van der Waals surface area contributed by atoms with E-state index in [0.29, 0.717) is 18.1 Å². The fourth-order valence-electron chi connectivity index (χ4n) is 2.59. The Balaban J connectivity index is 2.28. The Kier molecular flexibility index (Phi) is 4.86. The zero-order valence-electron chi connectivity index (χ0n) is 13.1. The number of aliphatic hydroxyl groups excluding tert-OH is 1. The van der Waals surface area contributed by atoms with Crippen LogP contribution in [0.4, 0.5) is 0 Å². The number of benzene rings is 2. The molecule has 0 amide bonds. The molecule has 0 heterocycles. The van der Waals surface area contributed by atoms with Gasteiger partial charge in [0.2, 0.25) is 0 Å². The number of rotatable bonds is 5. The van der Waals surface area contributed by atoms with Crippen LogP contribution in [0.3, 0.4) is 0 Å². The van der Waals surface area contributed by atoms with Gasteiger partial charge in [-0.15, -0.1) is 0 Å². The summed E-state index contributed by atoms with van der Waals surface area (Å²) in [6.45, 7) is 6.67. The van der Waals surface area contributed by atoms with Gasteiger partial charge in [0.05, 0.1) is 13.7 Å². The summed E-state index contributed by atoms with van der Waals surface area (Å²) in [5.41, 5.74) is 5.59. The van der Waals surface area contributed by atoms with E-state index in [0.717, 1.165) is 5.56 Å². The van der Waals surface area contributed by atoms with E-state index in [9.17, 15) is 5.11 Å². The van der Waals surface area contributed by atoms with Crippen LogP contribution in [0.25, 0.3) is 0 Å². The first kappa shape index (κ1) is 15.4. The number of para-hydroxylation sites is 1. The van der Waals surface area contributed by atoms with Gasteiger partial charge in [0.1, 0.15) is 6.61 Å². The van der Waals surface area contributed by atoms with Gasteiger partial charge in [0.25, 0.3) is 0 Å². The van der Waals surface area contributed by atoms with Gasteiger partial charge in [0.15, 0.2) is 11.5 Å². The van der Waals surface area contributed by atoms with E-state index in [4.69, 9.17) is 9.47 Å². The topological polar surface area (TPSA) is 38.7 Å². The Hall–Kier alpha value is -2.00. The van der Waals surface area contributed by atoms with E-state index in [1.54, 1.807) is 7.11 Å². The third kappa shape index (κ3) is 3.37. The van der Waals surface area contributed by atoms with Gasteiger partial charge in [0, 0.05) is 5.56 Å². The lowest BCUT2D eigenvalue weighted by Crippen LogP contribution is -2.04. The third-order valence-electron chi connectivity index (χ3n) is 3.65. The highest BCUT2D eigenvalue weighted by molar-refractivity contribution is 5.47. The van der Waals surface area contributed by atoms with E-state index < -0.39 is 0 Å². The predicted octanol–water partition coefficient (Wildman–Crippen LogP) is 3.69. The van der Waals surface area contributed by atoms with Gasteiger partial charge in [-0.1, -0.05) is 29.8 Å². The molecule has 0 radical (unpaired) electrons. The summed E-state index contributed by atoms with van der Waals surface area (Å²) in [6, 6.07) is 9.83. The maximum Gasteiger partial charge on any atom is 0.167 e. The molecule has 0 aromatic heterocycles. The molecule has 2 rings (SSSR count). The Labute approximate surface area is 126 Å². The minimum Gasteiger partial charge on any atom is -0.493 e. The summed E-state index contributed by atoms with van der Waals surface area (Å²) in [5.74, 6) is 1.26. The second kappa shape index (κ2) is 6.64. The van der Waals surface area contributed by atoms with Crippen molar-refractivity contribution in [3.8, 4) is 11.5 Å². The van der Waals surface area contributed by atoms with Crippen LogP contribution in [0.15, 0.2) is 30.3 Å². The number of aliphatic hydroxyl groups is 1. The molecule has 0 aliphatic heterocycles. The first-order chi connectivity index (χ1) is 10.1. The smallest absolute Gasteiger partial charge is 0.167 e. The summed E-state index contributed by atoms with van der Waals surface area (Å²) in [4.78, 5) is 0.